The molecular weight excluding hydrogens is 798 g/mol. The number of hydrogen-bond donors (Lipinski definition) is 0. The van der Waals surface area contributed by atoms with Crippen LogP contribution >= 0.6 is 0 Å². The summed E-state index contributed by atoms with van der Waals surface area (Å²) in [5.41, 5.74) is 7.52. The molecule has 0 aliphatic heterocycles. The zero-order valence-electron chi connectivity index (χ0n) is 32.4. The minimum Gasteiger partial charge on any atom is -0.872 e. The number of ether oxygens (including phenoxy) is 2. The van der Waals surface area contributed by atoms with Gasteiger partial charge in [-0.1, -0.05) is 139 Å². The number of aliphatic imine (C=N–C) groups is 2. The minimum absolute atomic E-state index is 0. The third kappa shape index (κ3) is 17.6. The van der Waals surface area contributed by atoms with E-state index in [2.05, 4.69) is 131 Å². The number of hydrogen-bond acceptors (Lipinski definition) is 9. The van der Waals surface area contributed by atoms with E-state index >= 15 is 0 Å². The molecule has 55 heavy (non-hydrogen) atoms. The van der Waals surface area contributed by atoms with Crippen molar-refractivity contribution in [3.05, 3.63) is 150 Å². The van der Waals surface area contributed by atoms with Crippen LogP contribution in [0, 0.1) is 6.92 Å². The topological polar surface area (TPSA) is 146 Å². The van der Waals surface area contributed by atoms with Gasteiger partial charge in [0.1, 0.15) is 6.15 Å². The SMILES string of the molecule is CC(=O)[O-].CC(=O)[O-].COCCN=Cc1cc(C)cc(C=NCCOC)c1[O-].[Zn+2].[Zn+2].c1ccc([B-](c2ccccc2)(c2ccccc2)c2ccccc2)cc1. The number of carbonyl (C=O) groups excluding carboxylic acids is 2. The normalized spacial score (nSPS) is 10.3. The van der Waals surface area contributed by atoms with E-state index in [0.717, 1.165) is 19.4 Å². The molecule has 0 radical (unpaired) electrons. The van der Waals surface area contributed by atoms with E-state index in [-0.39, 0.29) is 44.7 Å². The Labute approximate surface area is 351 Å². The fourth-order valence-corrected chi connectivity index (χ4v) is 5.76. The number of carbonyl (C=O) groups is 2. The first-order valence-corrected chi connectivity index (χ1v) is 17.1. The summed E-state index contributed by atoms with van der Waals surface area (Å²) < 4.78 is 9.82. The maximum absolute atomic E-state index is 12.2. The van der Waals surface area contributed by atoms with Crippen LogP contribution in [0.15, 0.2) is 143 Å². The van der Waals surface area contributed by atoms with Crippen molar-refractivity contribution in [1.82, 2.24) is 0 Å². The van der Waals surface area contributed by atoms with Crippen molar-refractivity contribution >= 4 is 52.4 Å². The number of aliphatic carboxylic acids is 2. The van der Waals surface area contributed by atoms with Crippen LogP contribution in [-0.2, 0) is 58.0 Å². The van der Waals surface area contributed by atoms with Gasteiger partial charge < -0.3 is 34.4 Å². The van der Waals surface area contributed by atoms with Gasteiger partial charge in [-0.25, -0.2) is 0 Å². The molecule has 0 saturated heterocycles. The van der Waals surface area contributed by atoms with Gasteiger partial charge in [-0.2, -0.15) is 21.9 Å². The summed E-state index contributed by atoms with van der Waals surface area (Å²) in [5, 5.41) is 30.0. The number of carboxylic acid groups (broad SMARTS) is 2. The molecule has 0 fully saturated rings. The number of carboxylic acids is 2. The second-order valence-corrected chi connectivity index (χ2v) is 11.8. The molecule has 0 N–H and O–H groups in total. The van der Waals surface area contributed by atoms with E-state index in [0.29, 0.717) is 37.4 Å². The Kier molecular flexibility index (Phi) is 26.4. The summed E-state index contributed by atoms with van der Waals surface area (Å²) in [4.78, 5) is 26.1. The molecule has 0 atom stereocenters. The van der Waals surface area contributed by atoms with Crippen molar-refractivity contribution in [2.45, 2.75) is 20.8 Å². The summed E-state index contributed by atoms with van der Waals surface area (Å²) in [7, 11) is 3.24. The third-order valence-corrected chi connectivity index (χ3v) is 7.80. The fraction of sp³-hybridized carbons (Fsp3) is 0.209. The van der Waals surface area contributed by atoms with E-state index in [1.54, 1.807) is 26.6 Å². The van der Waals surface area contributed by atoms with E-state index in [1.807, 2.05) is 19.1 Å². The zero-order chi connectivity index (χ0) is 38.9. The number of nitrogens with zero attached hydrogens (tertiary/aromatic N) is 2. The van der Waals surface area contributed by atoms with Crippen molar-refractivity contribution in [3.63, 3.8) is 0 Å². The number of aryl methyl sites for hydroxylation is 1. The average molecular weight is 845 g/mol. The molecule has 278 valence electrons. The zero-order valence-corrected chi connectivity index (χ0v) is 38.4. The predicted octanol–water partition coefficient (Wildman–Crippen LogP) is 1.77. The van der Waals surface area contributed by atoms with Gasteiger partial charge >= 0.3 is 39.0 Å². The van der Waals surface area contributed by atoms with Crippen LogP contribution in [0.4, 0.5) is 0 Å². The molecule has 0 aliphatic carbocycles. The molecule has 0 saturated carbocycles. The van der Waals surface area contributed by atoms with Gasteiger partial charge in [0.05, 0.1) is 26.3 Å². The van der Waals surface area contributed by atoms with Crippen molar-refractivity contribution in [1.29, 1.82) is 0 Å². The van der Waals surface area contributed by atoms with Crippen LogP contribution in [0.5, 0.6) is 5.75 Å². The smallest absolute Gasteiger partial charge is 0.872 e. The van der Waals surface area contributed by atoms with Gasteiger partial charge in [0.15, 0.2) is 0 Å². The van der Waals surface area contributed by atoms with Crippen molar-refractivity contribution in [3.8, 4) is 5.75 Å². The molecule has 0 bridgehead atoms. The van der Waals surface area contributed by atoms with Gasteiger partial charge in [-0.05, 0) is 37.5 Å². The second-order valence-electron chi connectivity index (χ2n) is 11.8. The Morgan fingerprint density at radius 3 is 1.07 bits per heavy atom. The van der Waals surface area contributed by atoms with E-state index < -0.39 is 18.1 Å². The molecule has 12 heteroatoms. The number of methoxy groups -OCH3 is 2. The number of rotatable bonds is 12. The van der Waals surface area contributed by atoms with Crippen molar-refractivity contribution in [2.24, 2.45) is 9.98 Å². The Morgan fingerprint density at radius 2 is 0.836 bits per heavy atom. The molecule has 5 rings (SSSR count). The molecule has 5 aromatic carbocycles. The first kappa shape index (κ1) is 50.4. The summed E-state index contributed by atoms with van der Waals surface area (Å²) in [6.07, 6.45) is 1.98. The quantitative estimate of drug-likeness (QED) is 0.106. The molecule has 0 amide bonds. The average Bonchev–Trinajstić information content (AvgIpc) is 3.15. The van der Waals surface area contributed by atoms with Gasteiger partial charge in [0, 0.05) is 38.6 Å². The predicted molar refractivity (Wildman–Crippen MR) is 211 cm³/mol. The van der Waals surface area contributed by atoms with E-state index in [1.165, 1.54) is 21.9 Å². The Balaban J connectivity index is 0.000000876. The first-order chi connectivity index (χ1) is 25.6. The Bertz CT molecular complexity index is 1630. The maximum atomic E-state index is 12.2. The van der Waals surface area contributed by atoms with Gasteiger partial charge in [-0.3, -0.25) is 9.98 Å². The molecule has 0 aromatic heterocycles. The number of benzene rings is 5. The molecule has 0 aliphatic rings. The van der Waals surface area contributed by atoms with Gasteiger partial charge in [-0.15, -0.1) is 0 Å². The molecule has 9 nitrogen and oxygen atoms in total. The molecule has 0 heterocycles. The third-order valence-electron chi connectivity index (χ3n) is 7.80. The largest absolute Gasteiger partial charge is 2.00 e. The Morgan fingerprint density at radius 1 is 0.582 bits per heavy atom. The van der Waals surface area contributed by atoms with Crippen molar-refractivity contribution < 1.29 is 73.3 Å². The molecular formula is C43H47BN2O7Zn2. The fourth-order valence-electron chi connectivity index (χ4n) is 5.76. The monoisotopic (exact) mass is 842 g/mol. The maximum Gasteiger partial charge on any atom is 2.00 e. The van der Waals surface area contributed by atoms with Gasteiger partial charge in [0.2, 0.25) is 0 Å². The summed E-state index contributed by atoms with van der Waals surface area (Å²) >= 11 is 0. The molecule has 0 unspecified atom stereocenters. The van der Waals surface area contributed by atoms with Gasteiger partial charge in [0.25, 0.3) is 0 Å². The van der Waals surface area contributed by atoms with Crippen LogP contribution in [0.3, 0.4) is 0 Å². The second kappa shape index (κ2) is 28.8. The minimum atomic E-state index is -1.22. The van der Waals surface area contributed by atoms with Crippen molar-refractivity contribution in [2.75, 3.05) is 40.5 Å². The van der Waals surface area contributed by atoms with Crippen LogP contribution < -0.4 is 37.2 Å². The summed E-state index contributed by atoms with van der Waals surface area (Å²) in [5.74, 6) is -2.22. The molecule has 5 aromatic rings. The van der Waals surface area contributed by atoms with E-state index in [4.69, 9.17) is 29.3 Å². The van der Waals surface area contributed by atoms with Crippen LogP contribution in [0.25, 0.3) is 0 Å². The van der Waals surface area contributed by atoms with Crippen LogP contribution in [-0.4, -0.2) is 71.0 Å². The summed E-state index contributed by atoms with van der Waals surface area (Å²) in [6.45, 7) is 6.06. The Hall–Kier alpha value is -4.59. The standard InChI is InChI=1S/C24H20B.C15H22N2O3.2C2H4O2.2Zn/c1-5-13-21(14-6-1)25(22-15-7-2-8-16-22,23-17-9-3-10-18-23)24-19-11-4-12-20-24;1-12-8-13(10-16-4-6-19-2)15(18)14(9-12)11-17-5-7-20-3;2*1-2(3)4;;/h1-20H;8-11,18H,4-7H2,1-3H3;2*1H3,(H,3,4);;/q-1;;;;2*+2/p-3. The molecule has 0 spiro atoms. The first-order valence-electron chi connectivity index (χ1n) is 17.1. The summed E-state index contributed by atoms with van der Waals surface area (Å²) in [6, 6.07) is 47.2. The van der Waals surface area contributed by atoms with Crippen LogP contribution in [0.2, 0.25) is 0 Å². The van der Waals surface area contributed by atoms with E-state index in [9.17, 15) is 5.11 Å². The van der Waals surface area contributed by atoms with Crippen LogP contribution in [0.1, 0.15) is 30.5 Å².